The van der Waals surface area contributed by atoms with Crippen molar-refractivity contribution in [1.29, 1.82) is 0 Å². The van der Waals surface area contributed by atoms with Crippen LogP contribution in [0.5, 0.6) is 0 Å². The standard InChI is InChI=1S/C21H26F2N4O4/c1-31-21(30)26-9-12(11-28)4-17(10-26)27(16-2-3-16)20(29)24-8-15-6-13-5-14(22)7-18(23)19(13)25-15/h5-7,12,16-17,25,28H,2-4,8-11H2,1H3,(H,24,29). The normalized spacial score (nSPS) is 21.2. The van der Waals surface area contributed by atoms with Crippen molar-refractivity contribution in [2.24, 2.45) is 5.92 Å². The minimum Gasteiger partial charge on any atom is -0.453 e. The SMILES string of the molecule is COC(=O)N1CC(CO)CC(N(C(=O)NCc2cc3cc(F)cc(F)c3[nH]2)C2CC2)C1. The molecule has 0 bridgehead atoms. The topological polar surface area (TPSA) is 97.9 Å². The Labute approximate surface area is 178 Å². The number of H-pyrrole nitrogens is 1. The number of urea groups is 1. The number of carbonyl (C=O) groups is 2. The third-order valence-electron chi connectivity index (χ3n) is 5.91. The van der Waals surface area contributed by atoms with Crippen molar-refractivity contribution in [3.05, 3.63) is 35.5 Å². The maximum atomic E-state index is 13.9. The molecule has 1 aliphatic carbocycles. The predicted molar refractivity (Wildman–Crippen MR) is 108 cm³/mol. The number of likely N-dealkylation sites (tertiary alicyclic amines) is 1. The molecule has 2 atom stereocenters. The molecule has 2 heterocycles. The zero-order chi connectivity index (χ0) is 22.1. The number of piperidine rings is 1. The minimum atomic E-state index is -0.688. The summed E-state index contributed by atoms with van der Waals surface area (Å²) in [7, 11) is 1.31. The smallest absolute Gasteiger partial charge is 0.409 e. The molecule has 1 saturated carbocycles. The Balaban J connectivity index is 1.46. The summed E-state index contributed by atoms with van der Waals surface area (Å²) in [5, 5.41) is 12.9. The van der Waals surface area contributed by atoms with E-state index in [1.54, 1.807) is 11.0 Å². The Hall–Kier alpha value is -2.88. The second-order valence-corrected chi connectivity index (χ2v) is 8.26. The van der Waals surface area contributed by atoms with E-state index in [0.717, 1.165) is 18.9 Å². The van der Waals surface area contributed by atoms with Gasteiger partial charge in [-0.2, -0.15) is 0 Å². The van der Waals surface area contributed by atoms with Crippen molar-refractivity contribution in [2.75, 3.05) is 26.8 Å². The zero-order valence-electron chi connectivity index (χ0n) is 17.2. The van der Waals surface area contributed by atoms with Crippen LogP contribution in [-0.4, -0.2) is 70.9 Å². The lowest BCUT2D eigenvalue weighted by atomic mass is 9.94. The fraction of sp³-hybridized carbons (Fsp3) is 0.524. The number of benzene rings is 1. The van der Waals surface area contributed by atoms with Gasteiger partial charge in [-0.05, 0) is 31.4 Å². The number of aliphatic hydroxyl groups excluding tert-OH is 1. The van der Waals surface area contributed by atoms with E-state index < -0.39 is 17.7 Å². The molecule has 3 N–H and O–H groups in total. The van der Waals surface area contributed by atoms with E-state index in [-0.39, 0.29) is 42.7 Å². The molecule has 2 aromatic rings. The van der Waals surface area contributed by atoms with Gasteiger partial charge in [-0.1, -0.05) is 0 Å². The number of aromatic nitrogens is 1. The van der Waals surface area contributed by atoms with Crippen LogP contribution in [-0.2, 0) is 11.3 Å². The molecule has 8 nitrogen and oxygen atoms in total. The number of carbonyl (C=O) groups excluding carboxylic acids is 2. The number of ether oxygens (including phenoxy) is 1. The fourth-order valence-corrected chi connectivity index (χ4v) is 4.35. The zero-order valence-corrected chi connectivity index (χ0v) is 17.2. The lowest BCUT2D eigenvalue weighted by Crippen LogP contribution is -2.57. The molecule has 1 aromatic heterocycles. The molecule has 168 valence electrons. The lowest BCUT2D eigenvalue weighted by molar-refractivity contribution is 0.0464. The average molecular weight is 436 g/mol. The highest BCUT2D eigenvalue weighted by Gasteiger charge is 2.42. The third kappa shape index (κ3) is 4.58. The highest BCUT2D eigenvalue weighted by molar-refractivity contribution is 5.81. The van der Waals surface area contributed by atoms with Gasteiger partial charge in [0.15, 0.2) is 0 Å². The Morgan fingerprint density at radius 1 is 1.26 bits per heavy atom. The van der Waals surface area contributed by atoms with E-state index in [4.69, 9.17) is 4.74 Å². The number of hydrogen-bond donors (Lipinski definition) is 3. The molecule has 0 spiro atoms. The van der Waals surface area contributed by atoms with E-state index in [1.807, 2.05) is 0 Å². The van der Waals surface area contributed by atoms with Gasteiger partial charge < -0.3 is 29.9 Å². The number of aliphatic hydroxyl groups is 1. The first-order chi connectivity index (χ1) is 14.9. The molecule has 3 amide bonds. The summed E-state index contributed by atoms with van der Waals surface area (Å²) >= 11 is 0. The molecule has 31 heavy (non-hydrogen) atoms. The van der Waals surface area contributed by atoms with E-state index in [1.165, 1.54) is 18.1 Å². The van der Waals surface area contributed by atoms with Gasteiger partial charge in [0.05, 0.1) is 25.2 Å². The summed E-state index contributed by atoms with van der Waals surface area (Å²) in [5.41, 5.74) is 0.744. The summed E-state index contributed by atoms with van der Waals surface area (Å²) in [4.78, 5) is 31.2. The van der Waals surface area contributed by atoms with Gasteiger partial charge in [-0.3, -0.25) is 0 Å². The maximum Gasteiger partial charge on any atom is 0.409 e. The molecular formula is C21H26F2N4O4. The number of rotatable bonds is 5. The van der Waals surface area contributed by atoms with E-state index in [9.17, 15) is 23.5 Å². The van der Waals surface area contributed by atoms with Crippen LogP contribution in [0.1, 0.15) is 25.0 Å². The summed E-state index contributed by atoms with van der Waals surface area (Å²) < 4.78 is 32.2. The fourth-order valence-electron chi connectivity index (χ4n) is 4.35. The molecule has 2 aliphatic rings. The van der Waals surface area contributed by atoms with Crippen molar-refractivity contribution in [2.45, 2.75) is 37.9 Å². The number of nitrogens with zero attached hydrogens (tertiary/aromatic N) is 2. The first kappa shape index (κ1) is 21.4. The largest absolute Gasteiger partial charge is 0.453 e. The molecule has 2 unspecified atom stereocenters. The lowest BCUT2D eigenvalue weighted by Gasteiger charge is -2.41. The van der Waals surface area contributed by atoms with Crippen LogP contribution in [0.15, 0.2) is 18.2 Å². The number of fused-ring (bicyclic) bond motifs is 1. The second kappa shape index (κ2) is 8.70. The first-order valence-electron chi connectivity index (χ1n) is 10.4. The summed E-state index contributed by atoms with van der Waals surface area (Å²) in [6.07, 6.45) is 1.86. The molecule has 1 saturated heterocycles. The van der Waals surface area contributed by atoms with Crippen molar-refractivity contribution in [3.63, 3.8) is 0 Å². The average Bonchev–Trinajstić information content (AvgIpc) is 3.49. The van der Waals surface area contributed by atoms with Gasteiger partial charge in [0.2, 0.25) is 0 Å². The molecular weight excluding hydrogens is 410 g/mol. The van der Waals surface area contributed by atoms with Gasteiger partial charge in [-0.25, -0.2) is 18.4 Å². The van der Waals surface area contributed by atoms with E-state index in [2.05, 4.69) is 10.3 Å². The highest BCUT2D eigenvalue weighted by atomic mass is 19.1. The van der Waals surface area contributed by atoms with Gasteiger partial charge >= 0.3 is 12.1 Å². The maximum absolute atomic E-state index is 13.9. The molecule has 10 heteroatoms. The third-order valence-corrected chi connectivity index (χ3v) is 5.91. The van der Waals surface area contributed by atoms with Gasteiger partial charge in [0.1, 0.15) is 11.6 Å². The number of amides is 3. The quantitative estimate of drug-likeness (QED) is 0.671. The van der Waals surface area contributed by atoms with Crippen LogP contribution in [0.3, 0.4) is 0 Å². The van der Waals surface area contributed by atoms with Crippen LogP contribution in [0.25, 0.3) is 10.9 Å². The number of methoxy groups -OCH3 is 1. The molecule has 0 radical (unpaired) electrons. The van der Waals surface area contributed by atoms with Gasteiger partial charge in [0.25, 0.3) is 0 Å². The Bertz CT molecular complexity index is 978. The summed E-state index contributed by atoms with van der Waals surface area (Å²) in [6, 6.07) is 3.19. The molecule has 1 aliphatic heterocycles. The van der Waals surface area contributed by atoms with Crippen LogP contribution < -0.4 is 5.32 Å². The predicted octanol–water partition coefficient (Wildman–Crippen LogP) is 2.57. The van der Waals surface area contributed by atoms with E-state index >= 15 is 0 Å². The molecule has 1 aromatic carbocycles. The summed E-state index contributed by atoms with van der Waals surface area (Å²) in [5.74, 6) is -1.49. The van der Waals surface area contributed by atoms with E-state index in [0.29, 0.717) is 30.6 Å². The Morgan fingerprint density at radius 3 is 2.71 bits per heavy atom. The summed E-state index contributed by atoms with van der Waals surface area (Å²) in [6.45, 7) is 0.761. The van der Waals surface area contributed by atoms with Crippen molar-refractivity contribution in [3.8, 4) is 0 Å². The molecule has 4 rings (SSSR count). The van der Waals surface area contributed by atoms with Crippen molar-refractivity contribution < 1.29 is 28.2 Å². The number of aromatic amines is 1. The monoisotopic (exact) mass is 436 g/mol. The van der Waals surface area contributed by atoms with Crippen molar-refractivity contribution >= 4 is 23.0 Å². The van der Waals surface area contributed by atoms with Crippen molar-refractivity contribution in [1.82, 2.24) is 20.1 Å². The molecule has 2 fully saturated rings. The highest BCUT2D eigenvalue weighted by Crippen LogP contribution is 2.33. The van der Waals surface area contributed by atoms with Crippen LogP contribution >= 0.6 is 0 Å². The Morgan fingerprint density at radius 2 is 2.03 bits per heavy atom. The Kier molecular flexibility index (Phi) is 5.99. The van der Waals surface area contributed by atoms with Gasteiger partial charge in [-0.15, -0.1) is 0 Å². The number of halogens is 2. The first-order valence-corrected chi connectivity index (χ1v) is 10.4. The number of hydrogen-bond acceptors (Lipinski definition) is 4. The number of nitrogens with one attached hydrogen (secondary N) is 2. The van der Waals surface area contributed by atoms with Crippen LogP contribution in [0.4, 0.5) is 18.4 Å². The van der Waals surface area contributed by atoms with Crippen LogP contribution in [0.2, 0.25) is 0 Å². The minimum absolute atomic E-state index is 0.0798. The van der Waals surface area contributed by atoms with Gasteiger partial charge in [0, 0.05) is 48.8 Å². The second-order valence-electron chi connectivity index (χ2n) is 8.26. The van der Waals surface area contributed by atoms with Crippen LogP contribution in [0, 0.1) is 17.6 Å².